The van der Waals surface area contributed by atoms with Gasteiger partial charge in [-0.25, -0.2) is 0 Å². The number of carbonyl (C=O) groups excluding carboxylic acids is 2. The molecule has 8 nitrogen and oxygen atoms in total. The zero-order valence-electron chi connectivity index (χ0n) is 17.1. The summed E-state index contributed by atoms with van der Waals surface area (Å²) in [5.74, 6) is 0.685. The number of aromatic nitrogens is 4. The van der Waals surface area contributed by atoms with Gasteiger partial charge >= 0.3 is 0 Å². The van der Waals surface area contributed by atoms with Crippen molar-refractivity contribution < 1.29 is 9.59 Å². The quantitative estimate of drug-likeness (QED) is 0.710. The van der Waals surface area contributed by atoms with Crippen LogP contribution in [-0.4, -0.2) is 32.2 Å². The minimum atomic E-state index is -0.0687. The van der Waals surface area contributed by atoms with Crippen LogP contribution in [0.15, 0.2) is 0 Å². The molecule has 156 valence electrons. The largest absolute Gasteiger partial charge is 0.300 e. The fourth-order valence-electron chi connectivity index (χ4n) is 4.05. The predicted molar refractivity (Wildman–Crippen MR) is 113 cm³/mol. The van der Waals surface area contributed by atoms with Gasteiger partial charge in [0.1, 0.15) is 10.0 Å². The Hall–Kier alpha value is -1.94. The Labute approximate surface area is 177 Å². The average Bonchev–Trinajstić information content (AvgIpc) is 3.22. The number of hydrogen-bond acceptors (Lipinski definition) is 8. The molecule has 2 aromatic heterocycles. The van der Waals surface area contributed by atoms with Gasteiger partial charge in [-0.1, -0.05) is 50.4 Å². The molecular weight excluding hydrogens is 408 g/mol. The zero-order chi connectivity index (χ0) is 20.8. The monoisotopic (exact) mass is 434 g/mol. The Morgan fingerprint density at radius 1 is 0.793 bits per heavy atom. The summed E-state index contributed by atoms with van der Waals surface area (Å²) in [6.07, 6.45) is 4.47. The van der Waals surface area contributed by atoms with Crippen molar-refractivity contribution in [2.24, 2.45) is 17.3 Å². The van der Waals surface area contributed by atoms with E-state index in [0.29, 0.717) is 27.5 Å². The van der Waals surface area contributed by atoms with Crippen LogP contribution in [0.4, 0.5) is 10.3 Å². The van der Waals surface area contributed by atoms with Gasteiger partial charge in [-0.3, -0.25) is 9.59 Å². The highest BCUT2D eigenvalue weighted by Crippen LogP contribution is 2.66. The van der Waals surface area contributed by atoms with Crippen LogP contribution in [0, 0.1) is 17.3 Å². The molecule has 0 saturated heterocycles. The van der Waals surface area contributed by atoms with Gasteiger partial charge in [0, 0.05) is 23.7 Å². The van der Waals surface area contributed by atoms with Crippen molar-refractivity contribution in [3.05, 3.63) is 10.0 Å². The summed E-state index contributed by atoms with van der Waals surface area (Å²) in [7, 11) is 0. The number of nitrogens with zero attached hydrogens (tertiary/aromatic N) is 4. The van der Waals surface area contributed by atoms with Crippen LogP contribution in [0.2, 0.25) is 0 Å². The number of hydrogen-bond donors (Lipinski definition) is 2. The molecule has 29 heavy (non-hydrogen) atoms. The Morgan fingerprint density at radius 3 is 1.52 bits per heavy atom. The molecule has 2 heterocycles. The first-order valence-corrected chi connectivity index (χ1v) is 11.7. The van der Waals surface area contributed by atoms with E-state index >= 15 is 0 Å². The van der Waals surface area contributed by atoms with Crippen LogP contribution in [0.5, 0.6) is 0 Å². The third-order valence-electron chi connectivity index (χ3n) is 5.81. The van der Waals surface area contributed by atoms with Crippen molar-refractivity contribution in [1.82, 2.24) is 20.4 Å². The summed E-state index contributed by atoms with van der Waals surface area (Å²) < 4.78 is 0. The minimum Gasteiger partial charge on any atom is -0.300 e. The molecule has 2 saturated carbocycles. The first-order chi connectivity index (χ1) is 13.7. The third-order valence-corrected chi connectivity index (χ3v) is 7.81. The summed E-state index contributed by atoms with van der Waals surface area (Å²) in [5.41, 5.74) is 0.384. The lowest BCUT2D eigenvalue weighted by molar-refractivity contribution is -0.119. The maximum absolute atomic E-state index is 11.8. The first-order valence-electron chi connectivity index (χ1n) is 10.0. The van der Waals surface area contributed by atoms with E-state index in [-0.39, 0.29) is 23.7 Å². The van der Waals surface area contributed by atoms with Crippen molar-refractivity contribution in [3.63, 3.8) is 0 Å². The lowest BCUT2D eigenvalue weighted by atomic mass is 9.48. The Bertz CT molecular complexity index is 832. The number of anilines is 2. The minimum absolute atomic E-state index is 0.0272. The predicted octanol–water partition coefficient (Wildman–Crippen LogP) is 4.02. The number of amides is 2. The van der Waals surface area contributed by atoms with E-state index in [2.05, 4.69) is 31.0 Å². The highest BCUT2D eigenvalue weighted by Gasteiger charge is 2.55. The molecule has 0 radical (unpaired) electrons. The Kier molecular flexibility index (Phi) is 5.41. The highest BCUT2D eigenvalue weighted by molar-refractivity contribution is 7.15. The van der Waals surface area contributed by atoms with E-state index in [1.807, 2.05) is 27.7 Å². The number of nitrogens with one attached hydrogen (secondary N) is 2. The van der Waals surface area contributed by atoms with Crippen molar-refractivity contribution in [1.29, 1.82) is 0 Å². The second kappa shape index (κ2) is 7.71. The molecule has 2 amide bonds. The first kappa shape index (κ1) is 20.3. The summed E-state index contributed by atoms with van der Waals surface area (Å²) in [6, 6.07) is 0. The Balaban J connectivity index is 1.27. The molecule has 0 unspecified atom stereocenters. The van der Waals surface area contributed by atoms with Crippen LogP contribution >= 0.6 is 22.7 Å². The van der Waals surface area contributed by atoms with Crippen molar-refractivity contribution in [2.45, 2.75) is 65.2 Å². The van der Waals surface area contributed by atoms with Crippen LogP contribution in [-0.2, 0) is 9.59 Å². The highest BCUT2D eigenvalue weighted by atomic mass is 32.1. The molecule has 2 aliphatic rings. The van der Waals surface area contributed by atoms with E-state index in [1.54, 1.807) is 0 Å². The van der Waals surface area contributed by atoms with Gasteiger partial charge in [0.2, 0.25) is 22.1 Å². The molecule has 2 fully saturated rings. The fourth-order valence-corrected chi connectivity index (χ4v) is 5.75. The molecular formula is C19H26N6O2S2. The molecule has 2 aliphatic carbocycles. The molecule has 2 aromatic rings. The summed E-state index contributed by atoms with van der Waals surface area (Å²) in [4.78, 5) is 23.6. The van der Waals surface area contributed by atoms with E-state index in [1.165, 1.54) is 22.7 Å². The van der Waals surface area contributed by atoms with Gasteiger partial charge in [-0.15, -0.1) is 20.4 Å². The topological polar surface area (TPSA) is 110 Å². The Morgan fingerprint density at radius 2 is 1.17 bits per heavy atom. The second-order valence-electron chi connectivity index (χ2n) is 8.89. The van der Waals surface area contributed by atoms with Gasteiger partial charge in [-0.2, -0.15) is 0 Å². The normalized spacial score (nSPS) is 25.7. The average molecular weight is 435 g/mol. The maximum Gasteiger partial charge on any atom is 0.228 e. The molecule has 0 atom stereocenters. The lowest BCUT2D eigenvalue weighted by Gasteiger charge is -2.56. The molecule has 0 aliphatic heterocycles. The van der Waals surface area contributed by atoms with Gasteiger partial charge in [0.25, 0.3) is 0 Å². The molecule has 0 bridgehead atoms. The lowest BCUT2D eigenvalue weighted by Crippen LogP contribution is -2.45. The van der Waals surface area contributed by atoms with Gasteiger partial charge in [0.05, 0.1) is 0 Å². The van der Waals surface area contributed by atoms with Crippen LogP contribution in [0.25, 0.3) is 0 Å². The van der Waals surface area contributed by atoms with Crippen molar-refractivity contribution >= 4 is 44.8 Å². The SMILES string of the molecule is CC(C)C(=O)Nc1nnc(C2CC3(C2)CC(c2nnc(NC(=O)C(C)C)s2)C3)s1. The standard InChI is InChI=1S/C19H26N6O2S2/c1-9(2)13(26)20-17-24-22-15(28-17)11-5-19(6-11)7-12(8-19)16-23-25-18(29-16)21-14(27)10(3)4/h9-12H,5-8H2,1-4H3,(H,20,24,26)(H,21,25,27). The third kappa shape index (κ3) is 4.18. The molecule has 0 aromatic carbocycles. The number of carbonyl (C=O) groups is 2. The van der Waals surface area contributed by atoms with E-state index in [4.69, 9.17) is 0 Å². The van der Waals surface area contributed by atoms with Crippen LogP contribution < -0.4 is 10.6 Å². The smallest absolute Gasteiger partial charge is 0.228 e. The van der Waals surface area contributed by atoms with Gasteiger partial charge in [-0.05, 0) is 31.1 Å². The molecule has 1 spiro atoms. The van der Waals surface area contributed by atoms with E-state index in [0.717, 1.165) is 35.7 Å². The molecule has 4 rings (SSSR count). The fraction of sp³-hybridized carbons (Fsp3) is 0.684. The summed E-state index contributed by atoms with van der Waals surface area (Å²) >= 11 is 2.98. The van der Waals surface area contributed by atoms with E-state index in [9.17, 15) is 9.59 Å². The van der Waals surface area contributed by atoms with Crippen LogP contribution in [0.1, 0.15) is 75.2 Å². The van der Waals surface area contributed by atoms with Crippen LogP contribution in [0.3, 0.4) is 0 Å². The summed E-state index contributed by atoms with van der Waals surface area (Å²) in [6.45, 7) is 7.44. The van der Waals surface area contributed by atoms with Gasteiger partial charge in [0.15, 0.2) is 0 Å². The van der Waals surface area contributed by atoms with Crippen molar-refractivity contribution in [3.8, 4) is 0 Å². The molecule has 10 heteroatoms. The maximum atomic E-state index is 11.8. The summed E-state index contributed by atoms with van der Waals surface area (Å²) in [5, 5.41) is 25.7. The van der Waals surface area contributed by atoms with Gasteiger partial charge < -0.3 is 10.6 Å². The van der Waals surface area contributed by atoms with Crippen molar-refractivity contribution in [2.75, 3.05) is 10.6 Å². The zero-order valence-corrected chi connectivity index (χ0v) is 18.7. The second-order valence-corrected chi connectivity index (χ2v) is 10.9. The number of rotatable bonds is 6. The van der Waals surface area contributed by atoms with E-state index < -0.39 is 0 Å². The molecule has 2 N–H and O–H groups in total.